The zero-order valence-electron chi connectivity index (χ0n) is 8.39. The van der Waals surface area contributed by atoms with E-state index < -0.39 is 0 Å². The SMILES string of the molecule is NCCCN1CC(c2cccs2)OC1=O. The summed E-state index contributed by atoms with van der Waals surface area (Å²) in [5.41, 5.74) is 5.40. The lowest BCUT2D eigenvalue weighted by Crippen LogP contribution is -2.26. The highest BCUT2D eigenvalue weighted by molar-refractivity contribution is 7.10. The fourth-order valence-electron chi connectivity index (χ4n) is 1.60. The van der Waals surface area contributed by atoms with Crippen LogP contribution in [0.1, 0.15) is 17.4 Å². The Bertz CT molecular complexity index is 326. The van der Waals surface area contributed by atoms with E-state index in [1.54, 1.807) is 16.2 Å². The van der Waals surface area contributed by atoms with Gasteiger partial charge in [0.25, 0.3) is 0 Å². The molecule has 0 saturated carbocycles. The highest BCUT2D eigenvalue weighted by Crippen LogP contribution is 2.28. The molecule has 0 spiro atoms. The zero-order valence-corrected chi connectivity index (χ0v) is 9.20. The van der Waals surface area contributed by atoms with Gasteiger partial charge in [0, 0.05) is 11.4 Å². The molecule has 4 nitrogen and oxygen atoms in total. The van der Waals surface area contributed by atoms with Crippen LogP contribution in [0, 0.1) is 0 Å². The van der Waals surface area contributed by atoms with E-state index in [0.29, 0.717) is 19.6 Å². The molecule has 0 radical (unpaired) electrons. The number of carbonyl (C=O) groups excluding carboxylic acids is 1. The molecule has 1 atom stereocenters. The molecule has 1 amide bonds. The van der Waals surface area contributed by atoms with E-state index in [1.807, 2.05) is 17.5 Å². The number of nitrogens with zero attached hydrogens (tertiary/aromatic N) is 1. The van der Waals surface area contributed by atoms with Crippen molar-refractivity contribution in [3.8, 4) is 0 Å². The minimum absolute atomic E-state index is 0.0877. The van der Waals surface area contributed by atoms with Crippen LogP contribution in [0.25, 0.3) is 0 Å². The lowest BCUT2D eigenvalue weighted by molar-refractivity contribution is 0.134. The van der Waals surface area contributed by atoms with Crippen LogP contribution in [-0.4, -0.2) is 30.6 Å². The van der Waals surface area contributed by atoms with Crippen molar-refractivity contribution in [3.63, 3.8) is 0 Å². The maximum atomic E-state index is 11.5. The molecule has 1 saturated heterocycles. The van der Waals surface area contributed by atoms with Gasteiger partial charge in [0.15, 0.2) is 6.10 Å². The summed E-state index contributed by atoms with van der Waals surface area (Å²) in [7, 11) is 0. The number of hydrogen-bond donors (Lipinski definition) is 1. The molecular formula is C10H14N2O2S. The minimum atomic E-state index is -0.221. The van der Waals surface area contributed by atoms with Crippen LogP contribution < -0.4 is 5.73 Å². The predicted octanol–water partition coefficient (Wildman–Crippen LogP) is 1.59. The highest BCUT2D eigenvalue weighted by Gasteiger charge is 2.32. The molecule has 5 heteroatoms. The van der Waals surface area contributed by atoms with Gasteiger partial charge in [-0.2, -0.15) is 0 Å². The standard InChI is InChI=1S/C10H14N2O2S/c11-4-2-5-12-7-8(14-10(12)13)9-3-1-6-15-9/h1,3,6,8H,2,4-5,7,11H2. The topological polar surface area (TPSA) is 55.6 Å². The number of ether oxygens (including phenoxy) is 1. The molecule has 2 heterocycles. The second kappa shape index (κ2) is 4.63. The Morgan fingerprint density at radius 1 is 1.67 bits per heavy atom. The molecule has 82 valence electrons. The lowest BCUT2D eigenvalue weighted by Gasteiger charge is -2.10. The molecule has 2 rings (SSSR count). The first-order valence-electron chi connectivity index (χ1n) is 5.00. The summed E-state index contributed by atoms with van der Waals surface area (Å²) in [5, 5.41) is 1.99. The molecule has 1 unspecified atom stereocenters. The van der Waals surface area contributed by atoms with Gasteiger partial charge in [-0.3, -0.25) is 0 Å². The molecule has 2 N–H and O–H groups in total. The number of hydrogen-bond acceptors (Lipinski definition) is 4. The van der Waals surface area contributed by atoms with Crippen molar-refractivity contribution >= 4 is 17.4 Å². The van der Waals surface area contributed by atoms with Crippen molar-refractivity contribution in [2.45, 2.75) is 12.5 Å². The Hall–Kier alpha value is -1.07. The van der Waals surface area contributed by atoms with Crippen molar-refractivity contribution in [3.05, 3.63) is 22.4 Å². The molecule has 1 aromatic heterocycles. The van der Waals surface area contributed by atoms with Crippen LogP contribution in [0.3, 0.4) is 0 Å². The Labute approximate surface area is 92.6 Å². The fraction of sp³-hybridized carbons (Fsp3) is 0.500. The molecule has 0 bridgehead atoms. The molecular weight excluding hydrogens is 212 g/mol. The molecule has 1 aromatic rings. The smallest absolute Gasteiger partial charge is 0.410 e. The van der Waals surface area contributed by atoms with Crippen molar-refractivity contribution in [1.82, 2.24) is 4.90 Å². The minimum Gasteiger partial charge on any atom is -0.438 e. The largest absolute Gasteiger partial charge is 0.438 e. The van der Waals surface area contributed by atoms with Gasteiger partial charge in [0.05, 0.1) is 6.54 Å². The number of thiophene rings is 1. The van der Waals surface area contributed by atoms with Crippen molar-refractivity contribution in [2.24, 2.45) is 5.73 Å². The summed E-state index contributed by atoms with van der Waals surface area (Å²) in [4.78, 5) is 14.3. The van der Waals surface area contributed by atoms with E-state index in [9.17, 15) is 4.79 Å². The summed E-state index contributed by atoms with van der Waals surface area (Å²) in [5.74, 6) is 0. The predicted molar refractivity (Wildman–Crippen MR) is 58.8 cm³/mol. The Morgan fingerprint density at radius 3 is 3.20 bits per heavy atom. The van der Waals surface area contributed by atoms with Crippen LogP contribution in [-0.2, 0) is 4.74 Å². The summed E-state index contributed by atoms with van der Waals surface area (Å²) in [6.07, 6.45) is 0.517. The average molecular weight is 226 g/mol. The van der Waals surface area contributed by atoms with Crippen molar-refractivity contribution < 1.29 is 9.53 Å². The normalized spacial score (nSPS) is 20.7. The van der Waals surface area contributed by atoms with Crippen molar-refractivity contribution in [2.75, 3.05) is 19.6 Å². The van der Waals surface area contributed by atoms with Gasteiger partial charge >= 0.3 is 6.09 Å². The molecule has 1 fully saturated rings. The number of amides is 1. The first-order valence-corrected chi connectivity index (χ1v) is 5.88. The fourth-order valence-corrected chi connectivity index (χ4v) is 2.34. The first kappa shape index (κ1) is 10.4. The van der Waals surface area contributed by atoms with E-state index in [1.165, 1.54) is 0 Å². The van der Waals surface area contributed by atoms with Crippen LogP contribution in [0.4, 0.5) is 4.79 Å². The van der Waals surface area contributed by atoms with Crippen LogP contribution >= 0.6 is 11.3 Å². The van der Waals surface area contributed by atoms with Gasteiger partial charge in [-0.1, -0.05) is 6.07 Å². The van der Waals surface area contributed by atoms with Gasteiger partial charge in [-0.15, -0.1) is 11.3 Å². The monoisotopic (exact) mass is 226 g/mol. The van der Waals surface area contributed by atoms with E-state index in [2.05, 4.69) is 0 Å². The van der Waals surface area contributed by atoms with E-state index >= 15 is 0 Å². The third-order valence-electron chi connectivity index (χ3n) is 2.38. The van der Waals surface area contributed by atoms with Crippen LogP contribution in [0.5, 0.6) is 0 Å². The molecule has 1 aliphatic rings. The Kier molecular flexibility index (Phi) is 3.23. The number of cyclic esters (lactones) is 1. The van der Waals surface area contributed by atoms with E-state index in [-0.39, 0.29) is 12.2 Å². The summed E-state index contributed by atoms with van der Waals surface area (Å²) >= 11 is 1.62. The quantitative estimate of drug-likeness (QED) is 0.848. The summed E-state index contributed by atoms with van der Waals surface area (Å²) < 4.78 is 5.27. The number of nitrogens with two attached hydrogens (primary N) is 1. The van der Waals surface area contributed by atoms with E-state index in [0.717, 1.165) is 11.3 Å². The van der Waals surface area contributed by atoms with Gasteiger partial charge in [-0.05, 0) is 24.4 Å². The zero-order chi connectivity index (χ0) is 10.7. The average Bonchev–Trinajstić information content (AvgIpc) is 2.83. The van der Waals surface area contributed by atoms with E-state index in [4.69, 9.17) is 10.5 Å². The molecule has 15 heavy (non-hydrogen) atoms. The number of carbonyl (C=O) groups is 1. The Balaban J connectivity index is 1.95. The molecule has 0 aliphatic carbocycles. The Morgan fingerprint density at radius 2 is 2.53 bits per heavy atom. The van der Waals surface area contributed by atoms with Gasteiger partial charge in [0.1, 0.15) is 0 Å². The van der Waals surface area contributed by atoms with Crippen LogP contribution in [0.15, 0.2) is 17.5 Å². The maximum Gasteiger partial charge on any atom is 0.410 e. The first-order chi connectivity index (χ1) is 7.31. The molecule has 0 aromatic carbocycles. The maximum absolute atomic E-state index is 11.5. The van der Waals surface area contributed by atoms with Gasteiger partial charge in [-0.25, -0.2) is 4.79 Å². The summed E-state index contributed by atoms with van der Waals surface area (Å²) in [6.45, 7) is 1.95. The van der Waals surface area contributed by atoms with Crippen molar-refractivity contribution in [1.29, 1.82) is 0 Å². The van der Waals surface area contributed by atoms with Gasteiger partial charge in [0.2, 0.25) is 0 Å². The lowest BCUT2D eigenvalue weighted by atomic mass is 10.3. The third-order valence-corrected chi connectivity index (χ3v) is 3.34. The van der Waals surface area contributed by atoms with Gasteiger partial charge < -0.3 is 15.4 Å². The summed E-state index contributed by atoms with van der Waals surface area (Å²) in [6, 6.07) is 3.96. The highest BCUT2D eigenvalue weighted by atomic mass is 32.1. The number of rotatable bonds is 4. The third kappa shape index (κ3) is 2.30. The molecule has 1 aliphatic heterocycles. The second-order valence-corrected chi connectivity index (χ2v) is 4.46. The second-order valence-electron chi connectivity index (χ2n) is 3.48. The van der Waals surface area contributed by atoms with Crippen LogP contribution in [0.2, 0.25) is 0 Å².